The molecule has 3 heterocycles. The first-order valence-corrected chi connectivity index (χ1v) is 8.70. The lowest BCUT2D eigenvalue weighted by atomic mass is 10.1. The quantitative estimate of drug-likeness (QED) is 0.719. The molecule has 2 N–H and O–H groups in total. The van der Waals surface area contributed by atoms with Crippen LogP contribution in [0.3, 0.4) is 0 Å². The van der Waals surface area contributed by atoms with Gasteiger partial charge in [0.1, 0.15) is 0 Å². The molecule has 0 saturated carbocycles. The van der Waals surface area contributed by atoms with E-state index in [4.69, 9.17) is 4.74 Å². The third-order valence-electron chi connectivity index (χ3n) is 5.00. The number of aromatic amines is 1. The number of nitrogens with one attached hydrogen (secondary N) is 2. The van der Waals surface area contributed by atoms with Gasteiger partial charge in [-0.15, -0.1) is 0 Å². The van der Waals surface area contributed by atoms with Gasteiger partial charge in [-0.3, -0.25) is 4.79 Å². The Morgan fingerprint density at radius 2 is 2.20 bits per heavy atom. The molecule has 1 aliphatic rings. The summed E-state index contributed by atoms with van der Waals surface area (Å²) in [6.45, 7) is 6.41. The van der Waals surface area contributed by atoms with Crippen LogP contribution >= 0.6 is 0 Å². The molecule has 6 heteroatoms. The molecule has 132 valence electrons. The highest BCUT2D eigenvalue weighted by atomic mass is 19.1. The van der Waals surface area contributed by atoms with E-state index in [1.54, 1.807) is 12.1 Å². The number of hydrogen-bond donors (Lipinski definition) is 2. The lowest BCUT2D eigenvalue weighted by Crippen LogP contribution is -2.39. The lowest BCUT2D eigenvalue weighted by Gasteiger charge is -2.27. The summed E-state index contributed by atoms with van der Waals surface area (Å²) in [5.74, 6) is -0.372. The van der Waals surface area contributed by atoms with E-state index in [1.165, 1.54) is 12.1 Å². The number of rotatable bonds is 3. The number of benzene rings is 1. The van der Waals surface area contributed by atoms with Crippen molar-refractivity contribution in [3.8, 4) is 0 Å². The Labute approximate surface area is 144 Å². The Morgan fingerprint density at radius 1 is 1.36 bits per heavy atom. The van der Waals surface area contributed by atoms with Crippen LogP contribution in [0.15, 0.2) is 29.1 Å². The summed E-state index contributed by atoms with van der Waals surface area (Å²) in [6.07, 6.45) is 0.961. The molecule has 0 spiro atoms. The number of ether oxygens (including phenoxy) is 1. The number of nitrogens with zero attached hydrogens (tertiary/aromatic N) is 1. The standard InChI is InChI=1S/C19H22FN3O2/c1-11(7-14-10-21-5-6-25-14)23-17-8-13(24)3-4-15(17)16-9-18(20)22-12(2)19(16)23/h3-4,8-9,11,14,21-22H,5-7,10H2,1-2H3. The van der Waals surface area contributed by atoms with Gasteiger partial charge in [-0.25, -0.2) is 0 Å². The highest BCUT2D eigenvalue weighted by Crippen LogP contribution is 2.34. The molecule has 0 bridgehead atoms. The van der Waals surface area contributed by atoms with Gasteiger partial charge in [-0.1, -0.05) is 0 Å². The third-order valence-corrected chi connectivity index (χ3v) is 5.00. The van der Waals surface area contributed by atoms with Gasteiger partial charge in [0.2, 0.25) is 0 Å². The van der Waals surface area contributed by atoms with Crippen LogP contribution in [0.25, 0.3) is 21.8 Å². The second-order valence-corrected chi connectivity index (χ2v) is 6.84. The van der Waals surface area contributed by atoms with Gasteiger partial charge >= 0.3 is 0 Å². The molecule has 1 aromatic carbocycles. The van der Waals surface area contributed by atoms with Crippen LogP contribution in [0.4, 0.5) is 4.39 Å². The number of hydrogen-bond acceptors (Lipinski definition) is 3. The predicted octanol–water partition coefficient (Wildman–Crippen LogP) is 2.87. The summed E-state index contributed by atoms with van der Waals surface area (Å²) in [5, 5.41) is 5.08. The van der Waals surface area contributed by atoms with E-state index in [1.807, 2.05) is 6.92 Å². The van der Waals surface area contributed by atoms with Crippen molar-refractivity contribution in [3.05, 3.63) is 46.1 Å². The molecule has 0 aliphatic carbocycles. The SMILES string of the molecule is Cc1[nH]c(F)cc2c3ccc(=O)cc3n(C(C)CC3CNCCO3)c12. The molecule has 0 radical (unpaired) electrons. The summed E-state index contributed by atoms with van der Waals surface area (Å²) in [5.41, 5.74) is 2.51. The number of pyridine rings is 1. The Kier molecular flexibility index (Phi) is 4.09. The van der Waals surface area contributed by atoms with Crippen molar-refractivity contribution in [1.29, 1.82) is 0 Å². The molecule has 1 fully saturated rings. The highest BCUT2D eigenvalue weighted by molar-refractivity contribution is 6.08. The molecular weight excluding hydrogens is 321 g/mol. The fraction of sp³-hybridized carbons (Fsp3) is 0.421. The van der Waals surface area contributed by atoms with Crippen molar-refractivity contribution >= 4 is 21.8 Å². The summed E-state index contributed by atoms with van der Waals surface area (Å²) in [6, 6.07) is 6.60. The second kappa shape index (κ2) is 6.28. The van der Waals surface area contributed by atoms with Crippen molar-refractivity contribution in [2.45, 2.75) is 32.4 Å². The molecule has 5 nitrogen and oxygen atoms in total. The normalized spacial score (nSPS) is 19.6. The van der Waals surface area contributed by atoms with Gasteiger partial charge in [-0.05, 0) is 32.4 Å². The van der Waals surface area contributed by atoms with Gasteiger partial charge in [0.25, 0.3) is 0 Å². The minimum Gasteiger partial charge on any atom is -0.375 e. The lowest BCUT2D eigenvalue weighted by molar-refractivity contribution is 0.0165. The van der Waals surface area contributed by atoms with Gasteiger partial charge in [-0.2, -0.15) is 4.39 Å². The minimum absolute atomic E-state index is 0.0403. The van der Waals surface area contributed by atoms with Crippen LogP contribution in [0.5, 0.6) is 0 Å². The summed E-state index contributed by atoms with van der Waals surface area (Å²) < 4.78 is 21.9. The zero-order valence-corrected chi connectivity index (χ0v) is 14.4. The first-order chi connectivity index (χ1) is 12.0. The van der Waals surface area contributed by atoms with Crippen molar-refractivity contribution < 1.29 is 9.13 Å². The van der Waals surface area contributed by atoms with E-state index in [9.17, 15) is 9.18 Å². The van der Waals surface area contributed by atoms with Gasteiger partial charge in [0, 0.05) is 47.7 Å². The van der Waals surface area contributed by atoms with Crippen LogP contribution in [0, 0.1) is 12.9 Å². The smallest absolute Gasteiger partial charge is 0.191 e. The number of halogens is 1. The number of aryl methyl sites for hydroxylation is 1. The van der Waals surface area contributed by atoms with Gasteiger partial charge < -0.3 is 19.6 Å². The number of fused-ring (bicyclic) bond motifs is 3. The Balaban J connectivity index is 1.90. The Bertz CT molecular complexity index is 986. The monoisotopic (exact) mass is 343 g/mol. The molecule has 1 aliphatic heterocycles. The highest BCUT2D eigenvalue weighted by Gasteiger charge is 2.22. The van der Waals surface area contributed by atoms with Crippen LogP contribution in [0.1, 0.15) is 25.1 Å². The average molecular weight is 343 g/mol. The minimum atomic E-state index is -0.372. The number of aromatic nitrogens is 2. The topological polar surface area (TPSA) is 59.0 Å². The average Bonchev–Trinajstić information content (AvgIpc) is 2.89. The zero-order valence-electron chi connectivity index (χ0n) is 14.4. The van der Waals surface area contributed by atoms with E-state index in [-0.39, 0.29) is 23.5 Å². The van der Waals surface area contributed by atoms with Crippen molar-refractivity contribution in [2.75, 3.05) is 19.7 Å². The first-order valence-electron chi connectivity index (χ1n) is 8.70. The summed E-state index contributed by atoms with van der Waals surface area (Å²) in [4.78, 5) is 14.7. The molecule has 2 atom stereocenters. The van der Waals surface area contributed by atoms with Crippen LogP contribution in [-0.4, -0.2) is 35.4 Å². The maximum Gasteiger partial charge on any atom is 0.191 e. The Morgan fingerprint density at radius 3 is 2.96 bits per heavy atom. The summed E-state index contributed by atoms with van der Waals surface area (Å²) in [7, 11) is 0. The molecule has 25 heavy (non-hydrogen) atoms. The van der Waals surface area contributed by atoms with E-state index in [0.29, 0.717) is 6.61 Å². The van der Waals surface area contributed by atoms with Gasteiger partial charge in [0.05, 0.1) is 23.7 Å². The van der Waals surface area contributed by atoms with Crippen LogP contribution in [0.2, 0.25) is 0 Å². The molecule has 2 aromatic heterocycles. The fourth-order valence-corrected chi connectivity index (χ4v) is 3.96. The largest absolute Gasteiger partial charge is 0.375 e. The van der Waals surface area contributed by atoms with Gasteiger partial charge in [0.15, 0.2) is 11.4 Å². The summed E-state index contributed by atoms with van der Waals surface area (Å²) >= 11 is 0. The maximum atomic E-state index is 13.9. The van der Waals surface area contributed by atoms with Crippen LogP contribution in [-0.2, 0) is 4.74 Å². The Hall–Kier alpha value is -2.18. The fourth-order valence-electron chi connectivity index (χ4n) is 3.96. The van der Waals surface area contributed by atoms with Crippen molar-refractivity contribution in [2.24, 2.45) is 0 Å². The molecular formula is C19H22FN3O2. The van der Waals surface area contributed by atoms with E-state index >= 15 is 0 Å². The van der Waals surface area contributed by atoms with Crippen molar-refractivity contribution in [1.82, 2.24) is 14.9 Å². The number of H-pyrrole nitrogens is 1. The third kappa shape index (κ3) is 2.85. The van der Waals surface area contributed by atoms with E-state index in [0.717, 1.165) is 47.0 Å². The van der Waals surface area contributed by atoms with E-state index < -0.39 is 0 Å². The number of morpholine rings is 1. The second-order valence-electron chi connectivity index (χ2n) is 6.84. The first kappa shape index (κ1) is 16.3. The molecule has 4 rings (SSSR count). The predicted molar refractivity (Wildman–Crippen MR) is 96.7 cm³/mol. The maximum absolute atomic E-state index is 13.9. The zero-order chi connectivity index (χ0) is 17.6. The van der Waals surface area contributed by atoms with E-state index in [2.05, 4.69) is 21.8 Å². The molecule has 2 unspecified atom stereocenters. The van der Waals surface area contributed by atoms with Crippen molar-refractivity contribution in [3.63, 3.8) is 0 Å². The molecule has 3 aromatic rings. The molecule has 0 amide bonds. The van der Waals surface area contributed by atoms with Crippen LogP contribution < -0.4 is 10.7 Å². The molecule has 1 saturated heterocycles.